The van der Waals surface area contributed by atoms with Crippen LogP contribution in [0.3, 0.4) is 0 Å². The topological polar surface area (TPSA) is 42.0 Å². The first kappa shape index (κ1) is 30.1. The molecule has 4 unspecified atom stereocenters. The highest BCUT2D eigenvalue weighted by Crippen LogP contribution is 2.53. The molecule has 6 heteroatoms. The van der Waals surface area contributed by atoms with Crippen LogP contribution >= 0.6 is 0 Å². The molecule has 3 fully saturated rings. The molecule has 0 spiro atoms. The summed E-state index contributed by atoms with van der Waals surface area (Å²) in [5.41, 5.74) is 0.251. The van der Waals surface area contributed by atoms with Gasteiger partial charge in [-0.2, -0.15) is 0 Å². The summed E-state index contributed by atoms with van der Waals surface area (Å²) in [4.78, 5) is 18.6. The van der Waals surface area contributed by atoms with Crippen molar-refractivity contribution in [3.05, 3.63) is 96.6 Å². The Balaban J connectivity index is 1.50. The maximum atomic E-state index is 13.9. The molecule has 0 aliphatic carbocycles. The van der Waals surface area contributed by atoms with E-state index in [0.717, 1.165) is 38.9 Å². The van der Waals surface area contributed by atoms with Gasteiger partial charge in [-0.05, 0) is 66.9 Å². The highest BCUT2D eigenvalue weighted by atomic mass is 28.4. The smallest absolute Gasteiger partial charge is 0.410 e. The molecule has 43 heavy (non-hydrogen) atoms. The lowest BCUT2D eigenvalue weighted by atomic mass is 9.90. The predicted octanol–water partition coefficient (Wildman–Crippen LogP) is 6.61. The van der Waals surface area contributed by atoms with Crippen LogP contribution in [0.1, 0.15) is 66.4 Å². The van der Waals surface area contributed by atoms with Gasteiger partial charge in [0.1, 0.15) is 5.60 Å². The molecule has 3 heterocycles. The molecule has 3 aromatic rings. The van der Waals surface area contributed by atoms with Gasteiger partial charge in [0, 0.05) is 25.7 Å². The molecule has 4 atom stereocenters. The summed E-state index contributed by atoms with van der Waals surface area (Å²) in [6.45, 7) is 15.6. The van der Waals surface area contributed by atoms with Gasteiger partial charge >= 0.3 is 6.09 Å². The quantitative estimate of drug-likeness (QED) is 0.301. The minimum atomic E-state index is -2.90. The van der Waals surface area contributed by atoms with Crippen molar-refractivity contribution in [1.29, 1.82) is 0 Å². The second kappa shape index (κ2) is 11.2. The van der Waals surface area contributed by atoms with E-state index in [9.17, 15) is 4.79 Å². The minimum Gasteiger partial charge on any atom is -0.444 e. The van der Waals surface area contributed by atoms with Crippen LogP contribution in [0.25, 0.3) is 0 Å². The molecule has 3 saturated heterocycles. The average Bonchev–Trinajstić information content (AvgIpc) is 3.06. The van der Waals surface area contributed by atoms with Crippen LogP contribution in [0.5, 0.6) is 0 Å². The number of benzene rings is 3. The molecule has 228 valence electrons. The summed E-state index contributed by atoms with van der Waals surface area (Å²) < 4.78 is 14.2. The first-order valence-corrected chi connectivity index (χ1v) is 17.9. The number of carbonyl (C=O) groups excluding carboxylic acids is 1. The number of amides is 1. The zero-order valence-corrected chi connectivity index (χ0v) is 27.8. The molecule has 1 amide bonds. The summed E-state index contributed by atoms with van der Waals surface area (Å²) in [5.74, 6) is 0.518. The number of piperidine rings is 1. The predicted molar refractivity (Wildman–Crippen MR) is 176 cm³/mol. The highest BCUT2D eigenvalue weighted by Gasteiger charge is 2.65. The van der Waals surface area contributed by atoms with Gasteiger partial charge in [-0.25, -0.2) is 4.79 Å². The van der Waals surface area contributed by atoms with Gasteiger partial charge in [0.15, 0.2) is 0 Å². The van der Waals surface area contributed by atoms with Gasteiger partial charge in [0.2, 0.25) is 0 Å². The summed E-state index contributed by atoms with van der Waals surface area (Å²) >= 11 is 0. The van der Waals surface area contributed by atoms with Gasteiger partial charge in [0.25, 0.3) is 8.32 Å². The lowest BCUT2D eigenvalue weighted by Gasteiger charge is -2.51. The number of hydrogen-bond acceptors (Lipinski definition) is 4. The zero-order chi connectivity index (χ0) is 30.5. The second-order valence-electron chi connectivity index (χ2n) is 15.1. The number of ether oxygens (including phenoxy) is 1. The number of hydrogen-bond donors (Lipinski definition) is 0. The van der Waals surface area contributed by atoms with Crippen molar-refractivity contribution in [2.24, 2.45) is 5.92 Å². The number of carbonyl (C=O) groups is 1. The van der Waals surface area contributed by atoms with E-state index in [1.54, 1.807) is 0 Å². The Hall–Kier alpha value is -2.93. The zero-order valence-electron chi connectivity index (χ0n) is 26.8. The van der Waals surface area contributed by atoms with E-state index in [1.165, 1.54) is 15.9 Å². The Morgan fingerprint density at radius 1 is 0.837 bits per heavy atom. The largest absolute Gasteiger partial charge is 0.444 e. The first-order valence-electron chi connectivity index (χ1n) is 16.0. The van der Waals surface area contributed by atoms with E-state index in [4.69, 9.17) is 9.16 Å². The number of nitrogens with zero attached hydrogens (tertiary/aromatic N) is 2. The molecule has 3 bridgehead atoms. The van der Waals surface area contributed by atoms with Crippen LogP contribution < -0.4 is 10.4 Å². The standard InChI is InChI=1S/C37H48N2O3Si/c1-35(2,3)41-34(40)39-30-22-29-23-33(39)37(24-30,27-38(26-29)25-28-16-10-7-11-17-28)42-43(36(4,5)6,31-18-12-8-13-19-31)32-20-14-9-15-21-32/h7-21,29-30,33H,22-27H2,1-6H3. The van der Waals surface area contributed by atoms with Crippen molar-refractivity contribution < 1.29 is 14.0 Å². The fourth-order valence-electron chi connectivity index (χ4n) is 8.24. The molecule has 3 aliphatic heterocycles. The van der Waals surface area contributed by atoms with Crippen molar-refractivity contribution in [2.75, 3.05) is 13.1 Å². The van der Waals surface area contributed by atoms with Crippen LogP contribution in [0.4, 0.5) is 4.79 Å². The van der Waals surface area contributed by atoms with Crippen molar-refractivity contribution >= 4 is 24.8 Å². The monoisotopic (exact) mass is 596 g/mol. The molecule has 0 N–H and O–H groups in total. The van der Waals surface area contributed by atoms with Crippen molar-refractivity contribution in [1.82, 2.24) is 9.80 Å². The van der Waals surface area contributed by atoms with Crippen LogP contribution in [-0.2, 0) is 15.7 Å². The van der Waals surface area contributed by atoms with Crippen LogP contribution in [0.2, 0.25) is 5.04 Å². The molecule has 0 aromatic heterocycles. The van der Waals surface area contributed by atoms with Gasteiger partial charge < -0.3 is 9.16 Å². The first-order chi connectivity index (χ1) is 20.4. The number of fused-ring (bicyclic) bond motifs is 2. The molecule has 3 aliphatic rings. The third-order valence-corrected chi connectivity index (χ3v) is 14.8. The number of likely N-dealkylation sites (tertiary alicyclic amines) is 1. The highest BCUT2D eigenvalue weighted by molar-refractivity contribution is 6.99. The Morgan fingerprint density at radius 2 is 1.40 bits per heavy atom. The Labute approximate surface area is 259 Å². The van der Waals surface area contributed by atoms with E-state index >= 15 is 0 Å². The lowest BCUT2D eigenvalue weighted by molar-refractivity contribution is -0.0223. The van der Waals surface area contributed by atoms with Crippen molar-refractivity contribution in [3.63, 3.8) is 0 Å². The average molecular weight is 597 g/mol. The maximum Gasteiger partial charge on any atom is 0.410 e. The maximum absolute atomic E-state index is 13.9. The van der Waals surface area contributed by atoms with E-state index in [-0.39, 0.29) is 23.2 Å². The van der Waals surface area contributed by atoms with Gasteiger partial charge in [0.05, 0.1) is 11.6 Å². The minimum absolute atomic E-state index is 0.0338. The number of rotatable bonds is 6. The SMILES string of the molecule is CC(C)(C)OC(=O)N1C2CC3CC1C(O[Si](c1ccccc1)(c1ccccc1)C(C)(C)C)(C2)CN(Cc1ccccc1)C3. The van der Waals surface area contributed by atoms with Crippen molar-refractivity contribution in [2.45, 2.75) is 95.7 Å². The Bertz CT molecular complexity index is 1360. The van der Waals surface area contributed by atoms with Crippen LogP contribution in [0, 0.1) is 5.92 Å². The normalized spacial score (nSPS) is 25.9. The Kier molecular flexibility index (Phi) is 7.85. The second-order valence-corrected chi connectivity index (χ2v) is 19.3. The third-order valence-electron chi connectivity index (χ3n) is 9.71. The van der Waals surface area contributed by atoms with Gasteiger partial charge in [-0.3, -0.25) is 9.80 Å². The van der Waals surface area contributed by atoms with E-state index in [0.29, 0.717) is 5.92 Å². The van der Waals surface area contributed by atoms with E-state index in [2.05, 4.69) is 122 Å². The fourth-order valence-corrected chi connectivity index (χ4v) is 13.1. The summed E-state index contributed by atoms with van der Waals surface area (Å²) in [6.07, 6.45) is 2.58. The molecule has 0 saturated carbocycles. The summed E-state index contributed by atoms with van der Waals surface area (Å²) in [7, 11) is -2.90. The summed E-state index contributed by atoms with van der Waals surface area (Å²) in [6, 6.07) is 32.8. The van der Waals surface area contributed by atoms with Gasteiger partial charge in [-0.15, -0.1) is 0 Å². The Morgan fingerprint density at radius 3 is 1.93 bits per heavy atom. The molecule has 0 radical (unpaired) electrons. The van der Waals surface area contributed by atoms with Gasteiger partial charge in [-0.1, -0.05) is 112 Å². The molecule has 5 nitrogen and oxygen atoms in total. The van der Waals surface area contributed by atoms with Crippen LogP contribution in [0.15, 0.2) is 91.0 Å². The van der Waals surface area contributed by atoms with E-state index < -0.39 is 19.5 Å². The lowest BCUT2D eigenvalue weighted by Crippen LogP contribution is -2.72. The molecular weight excluding hydrogens is 549 g/mol. The molecular formula is C37H48N2O3Si. The fraction of sp³-hybridized carbons (Fsp3) is 0.486. The van der Waals surface area contributed by atoms with E-state index in [1.807, 2.05) is 20.8 Å². The van der Waals surface area contributed by atoms with Crippen molar-refractivity contribution in [3.8, 4) is 0 Å². The molecule has 6 rings (SSSR count). The third kappa shape index (κ3) is 5.70. The van der Waals surface area contributed by atoms with Crippen LogP contribution in [-0.4, -0.2) is 60.6 Å². The summed E-state index contributed by atoms with van der Waals surface area (Å²) in [5, 5.41) is 2.40. The molecule has 3 aromatic carbocycles.